The van der Waals surface area contributed by atoms with E-state index in [-0.39, 0.29) is 18.0 Å². The Labute approximate surface area is 147 Å². The first kappa shape index (κ1) is 18.2. The average molecular weight is 357 g/mol. The van der Waals surface area contributed by atoms with Crippen LogP contribution in [0.4, 0.5) is 0 Å². The van der Waals surface area contributed by atoms with E-state index >= 15 is 0 Å². The molecule has 0 bridgehead atoms. The van der Waals surface area contributed by atoms with Gasteiger partial charge in [0.1, 0.15) is 5.65 Å². The summed E-state index contributed by atoms with van der Waals surface area (Å²) in [6.45, 7) is 2.85. The number of nitrogens with one attached hydrogen (secondary N) is 1. The van der Waals surface area contributed by atoms with Crippen LogP contribution >= 0.6 is 24.0 Å². The van der Waals surface area contributed by atoms with Gasteiger partial charge in [-0.05, 0) is 51.5 Å². The molecule has 0 amide bonds. The quantitative estimate of drug-likeness (QED) is 0.916. The molecule has 7 heteroatoms. The molecule has 0 aliphatic carbocycles. The molecule has 1 N–H and O–H groups in total. The highest BCUT2D eigenvalue weighted by molar-refractivity contribution is 6.30. The maximum absolute atomic E-state index is 12.2. The number of pyridine rings is 1. The van der Waals surface area contributed by atoms with Gasteiger partial charge >= 0.3 is 0 Å². The van der Waals surface area contributed by atoms with Gasteiger partial charge in [-0.15, -0.1) is 12.4 Å². The van der Waals surface area contributed by atoms with Crippen LogP contribution in [0.5, 0.6) is 0 Å². The monoisotopic (exact) mass is 356 g/mol. The molecule has 23 heavy (non-hydrogen) atoms. The van der Waals surface area contributed by atoms with Crippen LogP contribution < -0.4 is 10.9 Å². The van der Waals surface area contributed by atoms with E-state index in [0.29, 0.717) is 23.3 Å². The summed E-state index contributed by atoms with van der Waals surface area (Å²) in [6.07, 6.45) is 5.13. The second-order valence-electron chi connectivity index (χ2n) is 5.91. The smallest absolute Gasteiger partial charge is 0.258 e. The zero-order valence-electron chi connectivity index (χ0n) is 13.2. The fourth-order valence-corrected chi connectivity index (χ4v) is 3.19. The molecule has 126 valence electrons. The lowest BCUT2D eigenvalue weighted by atomic mass is 10.1. The van der Waals surface area contributed by atoms with Crippen molar-refractivity contribution in [3.63, 3.8) is 0 Å². The van der Waals surface area contributed by atoms with Crippen molar-refractivity contribution in [2.75, 3.05) is 20.1 Å². The van der Waals surface area contributed by atoms with Crippen molar-refractivity contribution in [3.05, 3.63) is 45.5 Å². The first-order chi connectivity index (χ1) is 10.6. The topological polar surface area (TPSA) is 49.6 Å². The van der Waals surface area contributed by atoms with Crippen molar-refractivity contribution in [1.29, 1.82) is 0 Å². The highest BCUT2D eigenvalue weighted by Crippen LogP contribution is 2.14. The molecule has 2 aromatic rings. The van der Waals surface area contributed by atoms with Gasteiger partial charge in [0.15, 0.2) is 0 Å². The van der Waals surface area contributed by atoms with E-state index in [2.05, 4.69) is 22.2 Å². The third kappa shape index (κ3) is 4.44. The molecule has 1 saturated heterocycles. The molecular formula is C16H22Cl2N4O. The first-order valence-electron chi connectivity index (χ1n) is 7.72. The Bertz CT molecular complexity index is 711. The molecule has 0 radical (unpaired) electrons. The number of fused-ring (bicyclic) bond motifs is 1. The number of hydrogen-bond donors (Lipinski definition) is 1. The van der Waals surface area contributed by atoms with Crippen LogP contribution in [0.3, 0.4) is 0 Å². The summed E-state index contributed by atoms with van der Waals surface area (Å²) in [4.78, 5) is 19.1. The third-order valence-corrected chi connectivity index (χ3v) is 4.48. The second kappa shape index (κ2) is 8.11. The predicted molar refractivity (Wildman–Crippen MR) is 95.7 cm³/mol. The zero-order chi connectivity index (χ0) is 15.5. The molecule has 3 rings (SSSR count). The minimum atomic E-state index is -0.0848. The van der Waals surface area contributed by atoms with E-state index in [1.807, 2.05) is 0 Å². The average Bonchev–Trinajstić information content (AvgIpc) is 2.77. The summed E-state index contributed by atoms with van der Waals surface area (Å²) in [5.74, 6) is 0. The van der Waals surface area contributed by atoms with Crippen molar-refractivity contribution >= 4 is 29.7 Å². The largest absolute Gasteiger partial charge is 0.317 e. The van der Waals surface area contributed by atoms with Crippen LogP contribution in [0.1, 0.15) is 25.0 Å². The Morgan fingerprint density at radius 3 is 3.04 bits per heavy atom. The normalized spacial score (nSPS) is 18.7. The number of nitrogens with zero attached hydrogens (tertiary/aromatic N) is 3. The number of hydrogen-bond acceptors (Lipinski definition) is 4. The van der Waals surface area contributed by atoms with Crippen LogP contribution in [-0.2, 0) is 6.54 Å². The van der Waals surface area contributed by atoms with Crippen LogP contribution in [0.15, 0.2) is 29.2 Å². The lowest BCUT2D eigenvalue weighted by Crippen LogP contribution is -2.33. The number of aromatic nitrogens is 2. The lowest BCUT2D eigenvalue weighted by Gasteiger charge is -2.26. The highest BCUT2D eigenvalue weighted by Gasteiger charge is 2.17. The molecule has 1 atom stereocenters. The van der Waals surface area contributed by atoms with Crippen molar-refractivity contribution in [3.8, 4) is 0 Å². The van der Waals surface area contributed by atoms with Crippen molar-refractivity contribution in [2.24, 2.45) is 0 Å². The molecule has 1 fully saturated rings. The van der Waals surface area contributed by atoms with Gasteiger partial charge in [0.25, 0.3) is 5.56 Å². The molecule has 3 heterocycles. The Balaban J connectivity index is 0.00000192. The van der Waals surface area contributed by atoms with Gasteiger partial charge in [-0.25, -0.2) is 4.98 Å². The van der Waals surface area contributed by atoms with E-state index in [1.165, 1.54) is 17.2 Å². The molecule has 2 aromatic heterocycles. The Morgan fingerprint density at radius 1 is 1.39 bits per heavy atom. The van der Waals surface area contributed by atoms with Crippen molar-refractivity contribution in [1.82, 2.24) is 19.6 Å². The van der Waals surface area contributed by atoms with Gasteiger partial charge in [-0.1, -0.05) is 11.6 Å². The van der Waals surface area contributed by atoms with Gasteiger partial charge in [0.2, 0.25) is 0 Å². The summed E-state index contributed by atoms with van der Waals surface area (Å²) in [7, 11) is 2.11. The van der Waals surface area contributed by atoms with E-state index in [9.17, 15) is 4.79 Å². The minimum Gasteiger partial charge on any atom is -0.317 e. The van der Waals surface area contributed by atoms with E-state index in [0.717, 1.165) is 25.2 Å². The fraction of sp³-hybridized carbons (Fsp3) is 0.500. The number of halogens is 2. The Morgan fingerprint density at radius 2 is 2.22 bits per heavy atom. The molecule has 0 aromatic carbocycles. The molecule has 1 aliphatic heterocycles. The van der Waals surface area contributed by atoms with Gasteiger partial charge in [0.05, 0.1) is 10.7 Å². The van der Waals surface area contributed by atoms with Crippen LogP contribution in [0, 0.1) is 0 Å². The zero-order valence-corrected chi connectivity index (χ0v) is 14.7. The molecular weight excluding hydrogens is 335 g/mol. The molecule has 5 nitrogen and oxygen atoms in total. The molecule has 1 unspecified atom stereocenters. The number of rotatable bonds is 3. The van der Waals surface area contributed by atoms with Crippen LogP contribution in [0.25, 0.3) is 5.65 Å². The van der Waals surface area contributed by atoms with E-state index in [4.69, 9.17) is 11.6 Å². The molecule has 0 spiro atoms. The van der Waals surface area contributed by atoms with E-state index < -0.39 is 0 Å². The lowest BCUT2D eigenvalue weighted by molar-refractivity contribution is 0.214. The van der Waals surface area contributed by atoms with Gasteiger partial charge < -0.3 is 5.32 Å². The Kier molecular flexibility index (Phi) is 6.41. The summed E-state index contributed by atoms with van der Waals surface area (Å²) in [6, 6.07) is 5.69. The van der Waals surface area contributed by atoms with Crippen molar-refractivity contribution < 1.29 is 0 Å². The highest BCUT2D eigenvalue weighted by atomic mass is 35.5. The van der Waals surface area contributed by atoms with Gasteiger partial charge in [0, 0.05) is 24.8 Å². The molecule has 0 saturated carbocycles. The van der Waals surface area contributed by atoms with E-state index in [1.54, 1.807) is 24.4 Å². The molecule has 1 aliphatic rings. The van der Waals surface area contributed by atoms with Crippen LogP contribution in [0.2, 0.25) is 5.02 Å². The maximum atomic E-state index is 12.2. The summed E-state index contributed by atoms with van der Waals surface area (Å²) in [5.41, 5.74) is 1.37. The second-order valence-corrected chi connectivity index (χ2v) is 6.35. The fourth-order valence-electron chi connectivity index (χ4n) is 3.03. The summed E-state index contributed by atoms with van der Waals surface area (Å²) in [5, 5.41) is 3.96. The van der Waals surface area contributed by atoms with Crippen molar-refractivity contribution in [2.45, 2.75) is 31.8 Å². The minimum absolute atomic E-state index is 0. The van der Waals surface area contributed by atoms with Crippen LogP contribution in [-0.4, -0.2) is 40.5 Å². The van der Waals surface area contributed by atoms with Gasteiger partial charge in [-0.3, -0.25) is 14.1 Å². The summed E-state index contributed by atoms with van der Waals surface area (Å²) < 4.78 is 1.49. The summed E-state index contributed by atoms with van der Waals surface area (Å²) >= 11 is 5.93. The first-order valence-corrected chi connectivity index (χ1v) is 8.10. The SMILES string of the molecule is CN(Cc1cc(=O)n2cc(Cl)ccc2n1)C1CCCNCC1.Cl. The Hall–Kier alpha value is -1.14. The maximum Gasteiger partial charge on any atom is 0.258 e. The predicted octanol–water partition coefficient (Wildman–Crippen LogP) is 2.34. The standard InChI is InChI=1S/C16H21ClN4O.ClH/c1-20(14-3-2-7-18-8-6-14)11-13-9-16(22)21-10-12(17)4-5-15(21)19-13;/h4-5,9-10,14,18H,2-3,6-8,11H2,1H3;1H. The van der Waals surface area contributed by atoms with Gasteiger partial charge in [-0.2, -0.15) is 0 Å². The third-order valence-electron chi connectivity index (χ3n) is 4.26.